The van der Waals surface area contributed by atoms with E-state index in [1.165, 1.54) is 24.2 Å². The number of tetrazole rings is 1. The van der Waals surface area contributed by atoms with Gasteiger partial charge in [0.2, 0.25) is 5.91 Å². The van der Waals surface area contributed by atoms with Crippen molar-refractivity contribution in [2.24, 2.45) is 0 Å². The predicted molar refractivity (Wildman–Crippen MR) is 161 cm³/mol. The molecule has 43 heavy (non-hydrogen) atoms. The second kappa shape index (κ2) is 13.4. The first-order valence-corrected chi connectivity index (χ1v) is 13.4. The zero-order valence-corrected chi connectivity index (χ0v) is 23.5. The summed E-state index contributed by atoms with van der Waals surface area (Å²) in [5.74, 6) is -0.431. The van der Waals surface area contributed by atoms with Crippen LogP contribution in [-0.2, 0) is 16.0 Å². The maximum absolute atomic E-state index is 13.2. The minimum absolute atomic E-state index is 0.324. The minimum atomic E-state index is -0.691. The molecule has 2 heterocycles. The number of hydrogen-bond donors (Lipinski definition) is 3. The van der Waals surface area contributed by atoms with Crippen LogP contribution in [0.3, 0.4) is 0 Å². The molecule has 0 aliphatic carbocycles. The molecule has 0 radical (unpaired) electrons. The summed E-state index contributed by atoms with van der Waals surface area (Å²) >= 11 is 6.20. The van der Waals surface area contributed by atoms with Crippen molar-refractivity contribution in [1.29, 1.82) is 0 Å². The molecule has 0 spiro atoms. The predicted octanol–water partition coefficient (Wildman–Crippen LogP) is 4.36. The van der Waals surface area contributed by atoms with Gasteiger partial charge in [0.1, 0.15) is 6.33 Å². The van der Waals surface area contributed by atoms with Crippen LogP contribution in [0.4, 0.5) is 10.5 Å². The van der Waals surface area contributed by atoms with Crippen LogP contribution >= 0.6 is 11.6 Å². The first kappa shape index (κ1) is 28.9. The number of nitrogens with zero attached hydrogens (tertiary/aromatic N) is 5. The third-order valence-electron chi connectivity index (χ3n) is 6.42. The highest BCUT2D eigenvalue weighted by molar-refractivity contribution is 6.30. The molecule has 3 N–H and O–H groups in total. The molecular formula is C30H25ClN8O4. The van der Waals surface area contributed by atoms with Gasteiger partial charge in [0, 0.05) is 33.5 Å². The SMILES string of the molecule is COC(=O)Nc1ccc(-c2cc([C@H](Cc3ccccc3)NC(=O)/C=C/c3cc(Cl)ccc3-n3cnnn3)c(=O)[nH]n2)cc1. The van der Waals surface area contributed by atoms with Gasteiger partial charge in [-0.15, -0.1) is 5.10 Å². The van der Waals surface area contributed by atoms with Crippen molar-refractivity contribution in [1.82, 2.24) is 35.7 Å². The molecule has 2 amide bonds. The number of aromatic nitrogens is 6. The van der Waals surface area contributed by atoms with Crippen molar-refractivity contribution in [2.75, 3.05) is 12.4 Å². The van der Waals surface area contributed by atoms with Crippen LogP contribution in [0.5, 0.6) is 0 Å². The summed E-state index contributed by atoms with van der Waals surface area (Å²) < 4.78 is 6.08. The molecule has 216 valence electrons. The normalized spacial score (nSPS) is 11.7. The number of benzene rings is 3. The van der Waals surface area contributed by atoms with Gasteiger partial charge in [-0.1, -0.05) is 54.1 Å². The summed E-state index contributed by atoms with van der Waals surface area (Å²) in [5, 5.41) is 24.0. The van der Waals surface area contributed by atoms with Crippen molar-refractivity contribution in [3.05, 3.63) is 123 Å². The number of carbonyl (C=O) groups excluding carboxylic acids is 2. The first-order chi connectivity index (χ1) is 20.9. The highest BCUT2D eigenvalue weighted by atomic mass is 35.5. The number of ether oxygens (including phenoxy) is 1. The van der Waals surface area contributed by atoms with Crippen LogP contribution in [-0.4, -0.2) is 49.5 Å². The highest BCUT2D eigenvalue weighted by Crippen LogP contribution is 2.24. The van der Waals surface area contributed by atoms with Gasteiger partial charge in [-0.05, 0) is 64.9 Å². The fourth-order valence-electron chi connectivity index (χ4n) is 4.33. The monoisotopic (exact) mass is 596 g/mol. The number of methoxy groups -OCH3 is 1. The molecule has 5 rings (SSSR count). The van der Waals surface area contributed by atoms with Crippen LogP contribution in [0.25, 0.3) is 23.0 Å². The maximum Gasteiger partial charge on any atom is 0.411 e. The molecule has 13 heteroatoms. The number of hydrogen-bond acceptors (Lipinski definition) is 8. The fraction of sp³-hybridized carbons (Fsp3) is 0.100. The second-order valence-corrected chi connectivity index (χ2v) is 9.71. The van der Waals surface area contributed by atoms with E-state index in [-0.39, 0.29) is 0 Å². The van der Waals surface area contributed by atoms with Crippen molar-refractivity contribution in [3.8, 4) is 16.9 Å². The third kappa shape index (κ3) is 7.37. The average molecular weight is 597 g/mol. The van der Waals surface area contributed by atoms with E-state index in [0.717, 1.165) is 5.56 Å². The Morgan fingerprint density at radius 1 is 1.07 bits per heavy atom. The number of amides is 2. The van der Waals surface area contributed by atoms with E-state index >= 15 is 0 Å². The van der Waals surface area contributed by atoms with Gasteiger partial charge >= 0.3 is 6.09 Å². The number of halogens is 1. The average Bonchev–Trinajstić information content (AvgIpc) is 3.56. The lowest BCUT2D eigenvalue weighted by Gasteiger charge is -2.18. The number of H-pyrrole nitrogens is 1. The molecule has 0 saturated heterocycles. The van der Waals surface area contributed by atoms with Crippen molar-refractivity contribution >= 4 is 35.4 Å². The Bertz CT molecular complexity index is 1810. The largest absolute Gasteiger partial charge is 0.453 e. The van der Waals surface area contributed by atoms with E-state index in [9.17, 15) is 14.4 Å². The Kier molecular flexibility index (Phi) is 8.98. The first-order valence-electron chi connectivity index (χ1n) is 13.0. The second-order valence-electron chi connectivity index (χ2n) is 9.27. The number of carbonyl (C=O) groups is 2. The molecule has 5 aromatic rings. The topological polar surface area (TPSA) is 157 Å². The van der Waals surface area contributed by atoms with Gasteiger partial charge in [-0.2, -0.15) is 9.78 Å². The van der Waals surface area contributed by atoms with Gasteiger partial charge in [-0.3, -0.25) is 14.9 Å². The molecule has 0 fully saturated rings. The third-order valence-corrected chi connectivity index (χ3v) is 6.65. The molecule has 3 aromatic carbocycles. The quantitative estimate of drug-likeness (QED) is 0.212. The zero-order chi connectivity index (χ0) is 30.2. The zero-order valence-electron chi connectivity index (χ0n) is 22.8. The van der Waals surface area contributed by atoms with E-state index in [2.05, 4.69) is 41.1 Å². The van der Waals surface area contributed by atoms with Crippen LogP contribution < -0.4 is 16.2 Å². The number of aromatic amines is 1. The Hall–Kier alpha value is -5.62. The molecule has 12 nitrogen and oxygen atoms in total. The Balaban J connectivity index is 1.43. The van der Waals surface area contributed by atoms with Gasteiger partial charge in [0.15, 0.2) is 0 Å². The van der Waals surface area contributed by atoms with Crippen molar-refractivity contribution < 1.29 is 14.3 Å². The van der Waals surface area contributed by atoms with Crippen LogP contribution in [0.15, 0.2) is 96.1 Å². The number of anilines is 1. The molecule has 0 bridgehead atoms. The summed E-state index contributed by atoms with van der Waals surface area (Å²) in [7, 11) is 1.28. The summed E-state index contributed by atoms with van der Waals surface area (Å²) in [6.45, 7) is 0. The number of nitrogens with one attached hydrogen (secondary N) is 3. The van der Waals surface area contributed by atoms with E-state index in [1.54, 1.807) is 54.6 Å². The standard InChI is InChI=1S/C30H25ClN8O4/c1-43-30(42)33-23-11-7-20(8-12-23)25-17-24(29(41)36-35-25)26(15-19-5-3-2-4-6-19)34-28(40)14-9-21-16-22(31)10-13-27(21)39-18-32-37-38-39/h2-14,16-18,26H,15H2,1H3,(H,33,42)(H,34,40)(H,36,41)/b14-9+/t26-/m0/s1. The smallest absolute Gasteiger partial charge is 0.411 e. The number of rotatable bonds is 9. The molecule has 2 aromatic heterocycles. The molecule has 0 aliphatic heterocycles. The molecule has 0 aliphatic rings. The maximum atomic E-state index is 13.2. The summed E-state index contributed by atoms with van der Waals surface area (Å²) in [4.78, 5) is 37.8. The Morgan fingerprint density at radius 3 is 2.58 bits per heavy atom. The highest BCUT2D eigenvalue weighted by Gasteiger charge is 2.20. The Labute approximate surface area is 250 Å². The van der Waals surface area contributed by atoms with Gasteiger partial charge in [-0.25, -0.2) is 9.89 Å². The van der Waals surface area contributed by atoms with Crippen molar-refractivity contribution in [3.63, 3.8) is 0 Å². The van der Waals surface area contributed by atoms with Gasteiger partial charge in [0.05, 0.1) is 24.5 Å². The van der Waals surface area contributed by atoms with Crippen molar-refractivity contribution in [2.45, 2.75) is 12.5 Å². The van der Waals surface area contributed by atoms with E-state index in [1.807, 2.05) is 30.3 Å². The lowest BCUT2D eigenvalue weighted by molar-refractivity contribution is -0.117. The summed E-state index contributed by atoms with van der Waals surface area (Å²) in [6.07, 6.45) is 4.16. The lowest BCUT2D eigenvalue weighted by atomic mass is 9.98. The van der Waals surface area contributed by atoms with Crippen LogP contribution in [0.2, 0.25) is 5.02 Å². The van der Waals surface area contributed by atoms with E-state index in [0.29, 0.717) is 45.2 Å². The van der Waals surface area contributed by atoms with E-state index in [4.69, 9.17) is 11.6 Å². The molecule has 0 saturated carbocycles. The fourth-order valence-corrected chi connectivity index (χ4v) is 4.51. The van der Waals surface area contributed by atoms with Crippen LogP contribution in [0, 0.1) is 0 Å². The Morgan fingerprint density at radius 2 is 1.86 bits per heavy atom. The van der Waals surface area contributed by atoms with Crippen LogP contribution in [0.1, 0.15) is 22.7 Å². The molecular weight excluding hydrogens is 572 g/mol. The van der Waals surface area contributed by atoms with Gasteiger partial charge in [0.25, 0.3) is 5.56 Å². The van der Waals surface area contributed by atoms with E-state index < -0.39 is 23.6 Å². The summed E-state index contributed by atoms with van der Waals surface area (Å²) in [6, 6.07) is 22.5. The lowest BCUT2D eigenvalue weighted by Crippen LogP contribution is -2.33. The molecule has 1 atom stereocenters. The van der Waals surface area contributed by atoms with Gasteiger partial charge < -0.3 is 10.1 Å². The summed E-state index contributed by atoms with van der Waals surface area (Å²) in [5.41, 5.74) is 3.75. The molecule has 0 unspecified atom stereocenters. The minimum Gasteiger partial charge on any atom is -0.453 e.